The van der Waals surface area contributed by atoms with Gasteiger partial charge < -0.3 is 10.1 Å². The van der Waals surface area contributed by atoms with E-state index >= 15 is 0 Å². The van der Waals surface area contributed by atoms with E-state index in [1.807, 2.05) is 24.3 Å². The van der Waals surface area contributed by atoms with Crippen LogP contribution in [-0.2, 0) is 11.3 Å². The van der Waals surface area contributed by atoms with E-state index in [0.717, 1.165) is 37.2 Å². The molecule has 0 bridgehead atoms. The molecule has 0 spiro atoms. The molecule has 1 saturated heterocycles. The lowest BCUT2D eigenvalue weighted by Crippen LogP contribution is -2.20. The lowest BCUT2D eigenvalue weighted by Gasteiger charge is -2.10. The summed E-state index contributed by atoms with van der Waals surface area (Å²) in [7, 11) is 0. The summed E-state index contributed by atoms with van der Waals surface area (Å²) in [5, 5.41) is 12.3. The molecule has 1 N–H and O–H groups in total. The Kier molecular flexibility index (Phi) is 4.54. The molecule has 1 fully saturated rings. The van der Waals surface area contributed by atoms with Gasteiger partial charge in [0.05, 0.1) is 17.7 Å². The van der Waals surface area contributed by atoms with E-state index in [2.05, 4.69) is 11.4 Å². The maximum atomic E-state index is 8.95. The van der Waals surface area contributed by atoms with E-state index in [9.17, 15) is 0 Å². The fourth-order valence-corrected chi connectivity index (χ4v) is 2.14. The maximum Gasteiger partial charge on any atom is 0.0995 e. The summed E-state index contributed by atoms with van der Waals surface area (Å²) in [5.41, 5.74) is 1.83. The maximum absolute atomic E-state index is 8.95. The topological polar surface area (TPSA) is 45.0 Å². The van der Waals surface area contributed by atoms with Gasteiger partial charge in [-0.25, -0.2) is 0 Å². The predicted molar refractivity (Wildman–Crippen MR) is 66.5 cm³/mol. The molecule has 0 aliphatic carbocycles. The molecule has 1 unspecified atom stereocenters. The average molecular weight is 230 g/mol. The molecule has 2 rings (SSSR count). The third-order valence-electron chi connectivity index (χ3n) is 3.12. The van der Waals surface area contributed by atoms with Crippen LogP contribution in [0.4, 0.5) is 0 Å². The first-order valence-electron chi connectivity index (χ1n) is 6.20. The third kappa shape index (κ3) is 3.55. The molecule has 3 heteroatoms. The third-order valence-corrected chi connectivity index (χ3v) is 3.12. The predicted octanol–water partition coefficient (Wildman–Crippen LogP) is 2.22. The first-order chi connectivity index (χ1) is 8.40. The number of nitrogens with zero attached hydrogens (tertiary/aromatic N) is 1. The monoisotopic (exact) mass is 230 g/mol. The van der Waals surface area contributed by atoms with Gasteiger partial charge in [0, 0.05) is 13.2 Å². The zero-order chi connectivity index (χ0) is 11.9. The Morgan fingerprint density at radius 2 is 2.29 bits per heavy atom. The van der Waals surface area contributed by atoms with E-state index in [1.54, 1.807) is 0 Å². The molecule has 3 nitrogen and oxygen atoms in total. The summed E-state index contributed by atoms with van der Waals surface area (Å²) in [5.74, 6) is 0. The largest absolute Gasteiger partial charge is 0.378 e. The highest BCUT2D eigenvalue weighted by molar-refractivity contribution is 5.37. The van der Waals surface area contributed by atoms with E-state index in [-0.39, 0.29) is 0 Å². The van der Waals surface area contributed by atoms with E-state index in [1.165, 1.54) is 12.8 Å². The van der Waals surface area contributed by atoms with Crippen LogP contribution in [0.2, 0.25) is 0 Å². The van der Waals surface area contributed by atoms with Crippen LogP contribution >= 0.6 is 0 Å². The molecule has 0 radical (unpaired) electrons. The van der Waals surface area contributed by atoms with E-state index in [0.29, 0.717) is 6.10 Å². The second-order valence-electron chi connectivity index (χ2n) is 4.37. The average Bonchev–Trinajstić information content (AvgIpc) is 2.88. The lowest BCUT2D eigenvalue weighted by atomic mass is 10.1. The Labute approximate surface area is 102 Å². The molecule has 1 atom stereocenters. The zero-order valence-electron chi connectivity index (χ0n) is 9.98. The second-order valence-corrected chi connectivity index (χ2v) is 4.37. The van der Waals surface area contributed by atoms with E-state index in [4.69, 9.17) is 10.00 Å². The minimum absolute atomic E-state index is 0.439. The first kappa shape index (κ1) is 12.1. The minimum Gasteiger partial charge on any atom is -0.378 e. The molecule has 1 heterocycles. The van der Waals surface area contributed by atoms with Crippen molar-refractivity contribution in [1.29, 1.82) is 5.26 Å². The number of hydrogen-bond acceptors (Lipinski definition) is 3. The molecule has 1 aliphatic rings. The van der Waals surface area contributed by atoms with Crippen molar-refractivity contribution in [2.24, 2.45) is 0 Å². The smallest absolute Gasteiger partial charge is 0.0995 e. The van der Waals surface area contributed by atoms with Crippen LogP contribution in [-0.4, -0.2) is 19.3 Å². The normalized spacial score (nSPS) is 19.1. The number of ether oxygens (including phenoxy) is 1. The molecule has 90 valence electrons. The molecule has 0 saturated carbocycles. The van der Waals surface area contributed by atoms with Gasteiger partial charge >= 0.3 is 0 Å². The fraction of sp³-hybridized carbons (Fsp3) is 0.500. The Hall–Kier alpha value is -1.37. The van der Waals surface area contributed by atoms with Crippen LogP contribution in [0.5, 0.6) is 0 Å². The van der Waals surface area contributed by atoms with Gasteiger partial charge in [-0.15, -0.1) is 0 Å². The number of rotatable bonds is 5. The van der Waals surface area contributed by atoms with Crippen molar-refractivity contribution in [2.45, 2.75) is 31.9 Å². The molecule has 1 aromatic carbocycles. The van der Waals surface area contributed by atoms with Gasteiger partial charge in [-0.3, -0.25) is 0 Å². The summed E-state index contributed by atoms with van der Waals surface area (Å²) in [6.45, 7) is 2.63. The Bertz CT molecular complexity index is 391. The van der Waals surface area contributed by atoms with Crippen LogP contribution in [0.25, 0.3) is 0 Å². The van der Waals surface area contributed by atoms with Crippen molar-refractivity contribution in [3.8, 4) is 6.07 Å². The van der Waals surface area contributed by atoms with Crippen LogP contribution < -0.4 is 5.32 Å². The van der Waals surface area contributed by atoms with Crippen molar-refractivity contribution >= 4 is 0 Å². The standard InChI is InChI=1S/C14H18N2O/c15-10-12-4-1-2-5-13(12)11-16-8-7-14-6-3-9-17-14/h1-2,4-5,14,16H,3,6-9,11H2. The summed E-state index contributed by atoms with van der Waals surface area (Å²) >= 11 is 0. The number of nitrogens with one attached hydrogen (secondary N) is 1. The number of nitriles is 1. The van der Waals surface area contributed by atoms with Gasteiger partial charge in [-0.1, -0.05) is 18.2 Å². The summed E-state index contributed by atoms with van der Waals surface area (Å²) in [4.78, 5) is 0. The highest BCUT2D eigenvalue weighted by Gasteiger charge is 2.14. The second kappa shape index (κ2) is 6.39. The van der Waals surface area contributed by atoms with Gasteiger partial charge in [-0.05, 0) is 37.4 Å². The van der Waals surface area contributed by atoms with Gasteiger partial charge in [0.25, 0.3) is 0 Å². The molecular formula is C14H18N2O. The summed E-state index contributed by atoms with van der Waals surface area (Å²) < 4.78 is 5.56. The SMILES string of the molecule is N#Cc1ccccc1CNCCC1CCCO1. The summed E-state index contributed by atoms with van der Waals surface area (Å²) in [6.07, 6.45) is 3.89. The van der Waals surface area contributed by atoms with Crippen molar-refractivity contribution in [3.05, 3.63) is 35.4 Å². The van der Waals surface area contributed by atoms with Crippen molar-refractivity contribution in [3.63, 3.8) is 0 Å². The number of hydrogen-bond donors (Lipinski definition) is 1. The highest BCUT2D eigenvalue weighted by atomic mass is 16.5. The van der Waals surface area contributed by atoms with E-state index < -0.39 is 0 Å². The molecule has 1 aromatic rings. The van der Waals surface area contributed by atoms with Crippen molar-refractivity contribution in [1.82, 2.24) is 5.32 Å². The molecule has 1 aliphatic heterocycles. The van der Waals surface area contributed by atoms with Gasteiger partial charge in [-0.2, -0.15) is 5.26 Å². The Balaban J connectivity index is 1.72. The molecule has 17 heavy (non-hydrogen) atoms. The molecule has 0 amide bonds. The van der Waals surface area contributed by atoms with Crippen LogP contribution in [0.1, 0.15) is 30.4 Å². The van der Waals surface area contributed by atoms with Crippen LogP contribution in [0.3, 0.4) is 0 Å². The number of benzene rings is 1. The van der Waals surface area contributed by atoms with Gasteiger partial charge in [0.15, 0.2) is 0 Å². The Morgan fingerprint density at radius 3 is 3.06 bits per heavy atom. The molecule has 0 aromatic heterocycles. The van der Waals surface area contributed by atoms with Crippen LogP contribution in [0, 0.1) is 11.3 Å². The summed E-state index contributed by atoms with van der Waals surface area (Å²) in [6, 6.07) is 9.94. The minimum atomic E-state index is 0.439. The van der Waals surface area contributed by atoms with Crippen LogP contribution in [0.15, 0.2) is 24.3 Å². The molecular weight excluding hydrogens is 212 g/mol. The van der Waals surface area contributed by atoms with Gasteiger partial charge in [0.2, 0.25) is 0 Å². The zero-order valence-corrected chi connectivity index (χ0v) is 9.98. The van der Waals surface area contributed by atoms with Gasteiger partial charge in [0.1, 0.15) is 0 Å². The first-order valence-corrected chi connectivity index (χ1v) is 6.20. The Morgan fingerprint density at radius 1 is 1.41 bits per heavy atom. The van der Waals surface area contributed by atoms with Crippen molar-refractivity contribution in [2.75, 3.05) is 13.2 Å². The lowest BCUT2D eigenvalue weighted by molar-refractivity contribution is 0.104. The highest BCUT2D eigenvalue weighted by Crippen LogP contribution is 2.14. The fourth-order valence-electron chi connectivity index (χ4n) is 2.14. The quantitative estimate of drug-likeness (QED) is 0.789. The van der Waals surface area contributed by atoms with Crippen molar-refractivity contribution < 1.29 is 4.74 Å².